The van der Waals surface area contributed by atoms with Gasteiger partial charge in [-0.1, -0.05) is 6.42 Å². The summed E-state index contributed by atoms with van der Waals surface area (Å²) in [7, 11) is 0. The van der Waals surface area contributed by atoms with Crippen molar-refractivity contribution in [3.8, 4) is 0 Å². The van der Waals surface area contributed by atoms with Crippen molar-refractivity contribution in [3.63, 3.8) is 0 Å². The van der Waals surface area contributed by atoms with Crippen molar-refractivity contribution < 1.29 is 19.0 Å². The molecule has 19 heavy (non-hydrogen) atoms. The summed E-state index contributed by atoms with van der Waals surface area (Å²) in [5.74, 6) is -1.07. The first kappa shape index (κ1) is 14.8. The van der Waals surface area contributed by atoms with Crippen molar-refractivity contribution in [2.45, 2.75) is 51.4 Å². The normalized spacial score (nSPS) is 32.4. The molecule has 2 aliphatic rings. The van der Waals surface area contributed by atoms with E-state index in [-0.39, 0.29) is 18.5 Å². The third-order valence-electron chi connectivity index (χ3n) is 3.67. The van der Waals surface area contributed by atoms with Crippen molar-refractivity contribution in [1.82, 2.24) is 4.90 Å². The summed E-state index contributed by atoms with van der Waals surface area (Å²) in [6.07, 6.45) is 4.11. The first-order valence-corrected chi connectivity index (χ1v) is 7.31. The maximum atomic E-state index is 11.5. The fourth-order valence-corrected chi connectivity index (χ4v) is 2.78. The number of nitrogens with zero attached hydrogens (tertiary/aromatic N) is 1. The lowest BCUT2D eigenvalue weighted by Gasteiger charge is -2.29. The molecule has 2 rings (SSSR count). The van der Waals surface area contributed by atoms with E-state index in [1.54, 1.807) is 6.92 Å². The van der Waals surface area contributed by atoms with E-state index in [0.29, 0.717) is 13.2 Å². The van der Waals surface area contributed by atoms with Gasteiger partial charge in [0.05, 0.1) is 25.7 Å². The van der Waals surface area contributed by atoms with E-state index in [1.807, 2.05) is 6.92 Å². The zero-order valence-electron chi connectivity index (χ0n) is 12.0. The van der Waals surface area contributed by atoms with E-state index < -0.39 is 5.79 Å². The average Bonchev–Trinajstić information content (AvgIpc) is 2.72. The van der Waals surface area contributed by atoms with Crippen LogP contribution in [-0.4, -0.2) is 55.6 Å². The molecule has 0 aromatic heterocycles. The first-order chi connectivity index (χ1) is 9.11. The summed E-state index contributed by atoms with van der Waals surface area (Å²) in [4.78, 5) is 13.9. The van der Waals surface area contributed by atoms with E-state index in [0.717, 1.165) is 19.6 Å². The zero-order valence-corrected chi connectivity index (χ0v) is 12.0. The fourth-order valence-electron chi connectivity index (χ4n) is 2.78. The quantitative estimate of drug-likeness (QED) is 0.710. The van der Waals surface area contributed by atoms with E-state index in [2.05, 4.69) is 4.90 Å². The van der Waals surface area contributed by atoms with Crippen LogP contribution in [0.1, 0.15) is 39.5 Å². The molecule has 5 nitrogen and oxygen atoms in total. The van der Waals surface area contributed by atoms with Crippen LogP contribution in [0.5, 0.6) is 0 Å². The maximum absolute atomic E-state index is 11.5. The Labute approximate surface area is 115 Å². The molecule has 110 valence electrons. The topological polar surface area (TPSA) is 48.0 Å². The largest absolute Gasteiger partial charge is 0.466 e. The average molecular weight is 271 g/mol. The SMILES string of the molecule is CCOC(=O)C[C@]1(C)OC[C@H](CN2CCCCC2)O1. The van der Waals surface area contributed by atoms with E-state index in [4.69, 9.17) is 14.2 Å². The lowest BCUT2D eigenvalue weighted by atomic mass is 10.1. The molecule has 0 bridgehead atoms. The van der Waals surface area contributed by atoms with Gasteiger partial charge in [-0.3, -0.25) is 4.79 Å². The molecule has 0 aromatic carbocycles. The van der Waals surface area contributed by atoms with Crippen molar-refractivity contribution >= 4 is 5.97 Å². The Kier molecular flexibility index (Phi) is 5.19. The Balaban J connectivity index is 1.76. The van der Waals surface area contributed by atoms with Gasteiger partial charge in [-0.2, -0.15) is 0 Å². The lowest BCUT2D eigenvalue weighted by molar-refractivity contribution is -0.180. The van der Waals surface area contributed by atoms with E-state index in [9.17, 15) is 4.79 Å². The lowest BCUT2D eigenvalue weighted by Crippen LogP contribution is -2.38. The second kappa shape index (κ2) is 6.68. The van der Waals surface area contributed by atoms with Crippen LogP contribution in [0.2, 0.25) is 0 Å². The van der Waals surface area contributed by atoms with Crippen LogP contribution in [0.25, 0.3) is 0 Å². The van der Waals surface area contributed by atoms with Gasteiger partial charge in [-0.15, -0.1) is 0 Å². The highest BCUT2D eigenvalue weighted by Crippen LogP contribution is 2.28. The summed E-state index contributed by atoms with van der Waals surface area (Å²) in [5, 5.41) is 0. The van der Waals surface area contributed by atoms with E-state index >= 15 is 0 Å². The van der Waals surface area contributed by atoms with Gasteiger partial charge in [0.15, 0.2) is 5.79 Å². The van der Waals surface area contributed by atoms with Crippen LogP contribution in [0.4, 0.5) is 0 Å². The third-order valence-corrected chi connectivity index (χ3v) is 3.67. The molecule has 0 radical (unpaired) electrons. The zero-order chi connectivity index (χ0) is 13.7. The number of rotatable bonds is 5. The highest BCUT2D eigenvalue weighted by molar-refractivity contribution is 5.70. The Bertz CT molecular complexity index is 304. The minimum absolute atomic E-state index is 0.0672. The smallest absolute Gasteiger partial charge is 0.311 e. The third kappa shape index (κ3) is 4.44. The first-order valence-electron chi connectivity index (χ1n) is 7.31. The Hall–Kier alpha value is -0.650. The number of piperidine rings is 1. The molecule has 0 amide bonds. The van der Waals surface area contributed by atoms with Gasteiger partial charge in [0.25, 0.3) is 0 Å². The van der Waals surface area contributed by atoms with Crippen molar-refractivity contribution in [1.29, 1.82) is 0 Å². The highest BCUT2D eigenvalue weighted by atomic mass is 16.7. The summed E-state index contributed by atoms with van der Waals surface area (Å²) in [5.41, 5.74) is 0. The van der Waals surface area contributed by atoms with Gasteiger partial charge in [-0.25, -0.2) is 0 Å². The molecule has 2 fully saturated rings. The number of carbonyl (C=O) groups is 1. The Morgan fingerprint density at radius 2 is 2.11 bits per heavy atom. The fraction of sp³-hybridized carbons (Fsp3) is 0.929. The van der Waals surface area contributed by atoms with Gasteiger partial charge in [0.2, 0.25) is 0 Å². The van der Waals surface area contributed by atoms with Crippen LogP contribution in [-0.2, 0) is 19.0 Å². The second-order valence-corrected chi connectivity index (χ2v) is 5.53. The monoisotopic (exact) mass is 271 g/mol. The molecule has 0 saturated carbocycles. The molecule has 2 saturated heterocycles. The predicted molar refractivity (Wildman–Crippen MR) is 70.8 cm³/mol. The molecule has 0 N–H and O–H groups in total. The number of esters is 1. The molecule has 0 aromatic rings. The van der Waals surface area contributed by atoms with Gasteiger partial charge in [0, 0.05) is 6.54 Å². The summed E-state index contributed by atoms with van der Waals surface area (Å²) < 4.78 is 16.5. The predicted octanol–water partition coefficient (Wildman–Crippen LogP) is 1.56. The Morgan fingerprint density at radius 1 is 1.37 bits per heavy atom. The molecular formula is C14H25NO4. The minimum atomic E-state index is -0.813. The molecule has 0 spiro atoms. The molecule has 0 unspecified atom stereocenters. The number of hydrogen-bond donors (Lipinski definition) is 0. The van der Waals surface area contributed by atoms with Crippen LogP contribution in [0.15, 0.2) is 0 Å². The number of likely N-dealkylation sites (tertiary alicyclic amines) is 1. The van der Waals surface area contributed by atoms with E-state index in [1.165, 1.54) is 19.3 Å². The molecular weight excluding hydrogens is 246 g/mol. The van der Waals surface area contributed by atoms with Crippen LogP contribution in [0, 0.1) is 0 Å². The molecule has 2 atom stereocenters. The maximum Gasteiger partial charge on any atom is 0.311 e. The molecule has 5 heteroatoms. The molecule has 2 heterocycles. The van der Waals surface area contributed by atoms with Crippen molar-refractivity contribution in [2.24, 2.45) is 0 Å². The summed E-state index contributed by atoms with van der Waals surface area (Å²) >= 11 is 0. The van der Waals surface area contributed by atoms with Gasteiger partial charge in [-0.05, 0) is 39.8 Å². The molecule has 2 aliphatic heterocycles. The van der Waals surface area contributed by atoms with Crippen molar-refractivity contribution in [3.05, 3.63) is 0 Å². The van der Waals surface area contributed by atoms with Crippen LogP contribution < -0.4 is 0 Å². The Morgan fingerprint density at radius 3 is 2.79 bits per heavy atom. The number of ether oxygens (including phenoxy) is 3. The standard InChI is InChI=1S/C14H25NO4/c1-3-17-13(16)9-14(2)18-11-12(19-14)10-15-7-5-4-6-8-15/h12H,3-11H2,1-2H3/t12-,14+/m0/s1. The second-order valence-electron chi connectivity index (χ2n) is 5.53. The van der Waals surface area contributed by atoms with Crippen molar-refractivity contribution in [2.75, 3.05) is 32.8 Å². The minimum Gasteiger partial charge on any atom is -0.466 e. The molecule has 0 aliphatic carbocycles. The summed E-state index contributed by atoms with van der Waals surface area (Å²) in [6.45, 7) is 7.77. The van der Waals surface area contributed by atoms with Crippen LogP contribution in [0.3, 0.4) is 0 Å². The number of hydrogen-bond acceptors (Lipinski definition) is 5. The van der Waals surface area contributed by atoms with Gasteiger partial charge in [0.1, 0.15) is 0 Å². The van der Waals surface area contributed by atoms with Gasteiger partial charge < -0.3 is 19.1 Å². The van der Waals surface area contributed by atoms with Crippen LogP contribution >= 0.6 is 0 Å². The van der Waals surface area contributed by atoms with Gasteiger partial charge >= 0.3 is 5.97 Å². The summed E-state index contributed by atoms with van der Waals surface area (Å²) in [6, 6.07) is 0. The number of carbonyl (C=O) groups excluding carboxylic acids is 1. The highest BCUT2D eigenvalue weighted by Gasteiger charge is 2.40.